The number of nitrogens with two attached hydrogens (primary N) is 1. The SMILES string of the molecule is CCN(C)c1nc(N)c(C(=O)NCC2CCC(C)C2)s1. The van der Waals surface area contributed by atoms with Gasteiger partial charge in [0, 0.05) is 20.1 Å². The summed E-state index contributed by atoms with van der Waals surface area (Å²) in [6.07, 6.45) is 3.69. The Bertz CT molecular complexity index is 474. The number of amides is 1. The molecule has 20 heavy (non-hydrogen) atoms. The van der Waals surface area contributed by atoms with Crippen molar-refractivity contribution < 1.29 is 4.79 Å². The number of nitrogen functional groups attached to an aromatic ring is 1. The fourth-order valence-corrected chi connectivity index (χ4v) is 3.54. The quantitative estimate of drug-likeness (QED) is 0.875. The molecule has 112 valence electrons. The Labute approximate surface area is 124 Å². The molecule has 5 nitrogen and oxygen atoms in total. The number of aromatic nitrogens is 1. The number of carbonyl (C=O) groups excluding carboxylic acids is 1. The molecule has 6 heteroatoms. The summed E-state index contributed by atoms with van der Waals surface area (Å²) in [5.41, 5.74) is 5.85. The van der Waals surface area contributed by atoms with Crippen molar-refractivity contribution in [3.8, 4) is 0 Å². The maximum absolute atomic E-state index is 12.2. The Morgan fingerprint density at radius 1 is 1.55 bits per heavy atom. The maximum atomic E-state index is 12.2. The van der Waals surface area contributed by atoms with Crippen LogP contribution in [0.4, 0.5) is 10.9 Å². The summed E-state index contributed by atoms with van der Waals surface area (Å²) in [7, 11) is 1.94. The second-order valence-electron chi connectivity index (χ2n) is 5.72. The van der Waals surface area contributed by atoms with Crippen LogP contribution in [0.2, 0.25) is 0 Å². The van der Waals surface area contributed by atoms with Crippen LogP contribution >= 0.6 is 11.3 Å². The Balaban J connectivity index is 1.93. The van der Waals surface area contributed by atoms with E-state index in [9.17, 15) is 4.79 Å². The van der Waals surface area contributed by atoms with Gasteiger partial charge >= 0.3 is 0 Å². The van der Waals surface area contributed by atoms with Crippen molar-refractivity contribution in [1.82, 2.24) is 10.3 Å². The van der Waals surface area contributed by atoms with Gasteiger partial charge in [0.2, 0.25) is 0 Å². The van der Waals surface area contributed by atoms with Gasteiger partial charge in [0.25, 0.3) is 5.91 Å². The van der Waals surface area contributed by atoms with Gasteiger partial charge in [0.05, 0.1) is 0 Å². The van der Waals surface area contributed by atoms with E-state index in [0.29, 0.717) is 16.6 Å². The fourth-order valence-electron chi connectivity index (χ4n) is 2.61. The normalized spacial score (nSPS) is 21.9. The van der Waals surface area contributed by atoms with Crippen molar-refractivity contribution in [2.24, 2.45) is 11.8 Å². The summed E-state index contributed by atoms with van der Waals surface area (Å²) < 4.78 is 0. The molecular weight excluding hydrogens is 272 g/mol. The van der Waals surface area contributed by atoms with Crippen LogP contribution in [0.25, 0.3) is 0 Å². The Morgan fingerprint density at radius 3 is 2.90 bits per heavy atom. The smallest absolute Gasteiger partial charge is 0.265 e. The molecule has 0 radical (unpaired) electrons. The number of hydrogen-bond acceptors (Lipinski definition) is 5. The predicted octanol–water partition coefficient (Wildman–Crippen LogP) is 2.35. The molecule has 1 saturated carbocycles. The van der Waals surface area contributed by atoms with Crippen LogP contribution < -0.4 is 16.0 Å². The third-order valence-corrected chi connectivity index (χ3v) is 5.19. The van der Waals surface area contributed by atoms with Crippen LogP contribution in [-0.2, 0) is 0 Å². The van der Waals surface area contributed by atoms with Gasteiger partial charge < -0.3 is 16.0 Å². The Hall–Kier alpha value is -1.30. The summed E-state index contributed by atoms with van der Waals surface area (Å²) in [6.45, 7) is 5.90. The molecule has 2 rings (SSSR count). The molecule has 1 aliphatic rings. The van der Waals surface area contributed by atoms with Crippen molar-refractivity contribution in [2.75, 3.05) is 30.8 Å². The molecule has 0 bridgehead atoms. The lowest BCUT2D eigenvalue weighted by molar-refractivity contribution is 0.0952. The third-order valence-electron chi connectivity index (χ3n) is 4.00. The van der Waals surface area contributed by atoms with Crippen molar-refractivity contribution in [2.45, 2.75) is 33.1 Å². The zero-order valence-corrected chi connectivity index (χ0v) is 13.3. The molecule has 3 N–H and O–H groups in total. The highest BCUT2D eigenvalue weighted by Crippen LogP contribution is 2.30. The molecule has 1 amide bonds. The lowest BCUT2D eigenvalue weighted by atomic mass is 10.1. The van der Waals surface area contributed by atoms with E-state index >= 15 is 0 Å². The van der Waals surface area contributed by atoms with Crippen molar-refractivity contribution >= 4 is 28.2 Å². The van der Waals surface area contributed by atoms with Gasteiger partial charge in [0.1, 0.15) is 10.7 Å². The van der Waals surface area contributed by atoms with Gasteiger partial charge in [-0.25, -0.2) is 4.98 Å². The van der Waals surface area contributed by atoms with Crippen molar-refractivity contribution in [3.05, 3.63) is 4.88 Å². The zero-order chi connectivity index (χ0) is 14.7. The number of anilines is 2. The first-order valence-electron chi connectivity index (χ1n) is 7.26. The fraction of sp³-hybridized carbons (Fsp3) is 0.714. The van der Waals surface area contributed by atoms with E-state index in [-0.39, 0.29) is 5.91 Å². The topological polar surface area (TPSA) is 71.2 Å². The minimum atomic E-state index is -0.0877. The van der Waals surface area contributed by atoms with E-state index in [2.05, 4.69) is 17.2 Å². The van der Waals surface area contributed by atoms with Crippen molar-refractivity contribution in [1.29, 1.82) is 0 Å². The van der Waals surface area contributed by atoms with Crippen LogP contribution in [0.1, 0.15) is 42.8 Å². The molecule has 1 aromatic heterocycles. The number of nitrogens with zero attached hydrogens (tertiary/aromatic N) is 2. The molecular formula is C14H24N4OS. The molecule has 2 atom stereocenters. The second-order valence-corrected chi connectivity index (χ2v) is 6.70. The first-order valence-corrected chi connectivity index (χ1v) is 8.08. The Morgan fingerprint density at radius 2 is 2.30 bits per heavy atom. The van der Waals surface area contributed by atoms with E-state index < -0.39 is 0 Å². The lowest BCUT2D eigenvalue weighted by Crippen LogP contribution is -2.28. The highest BCUT2D eigenvalue weighted by Gasteiger charge is 2.23. The van der Waals surface area contributed by atoms with Crippen LogP contribution in [0.3, 0.4) is 0 Å². The molecule has 0 aliphatic heterocycles. The molecule has 1 heterocycles. The number of rotatable bonds is 5. The van der Waals surface area contributed by atoms with Gasteiger partial charge in [-0.2, -0.15) is 0 Å². The monoisotopic (exact) mass is 296 g/mol. The summed E-state index contributed by atoms with van der Waals surface area (Å²) >= 11 is 1.36. The lowest BCUT2D eigenvalue weighted by Gasteiger charge is -2.11. The largest absolute Gasteiger partial charge is 0.382 e. The van der Waals surface area contributed by atoms with Gasteiger partial charge in [-0.3, -0.25) is 4.79 Å². The van der Waals surface area contributed by atoms with E-state index in [4.69, 9.17) is 5.73 Å². The summed E-state index contributed by atoms with van der Waals surface area (Å²) in [5.74, 6) is 1.65. The van der Waals surface area contributed by atoms with Gasteiger partial charge in [-0.05, 0) is 31.6 Å². The third kappa shape index (κ3) is 3.42. The molecule has 0 spiro atoms. The average Bonchev–Trinajstić information content (AvgIpc) is 3.01. The predicted molar refractivity (Wildman–Crippen MR) is 84.3 cm³/mol. The van der Waals surface area contributed by atoms with Crippen LogP contribution in [0, 0.1) is 11.8 Å². The minimum absolute atomic E-state index is 0.0877. The van der Waals surface area contributed by atoms with E-state index in [1.165, 1.54) is 30.6 Å². The molecule has 1 fully saturated rings. The average molecular weight is 296 g/mol. The number of thiazole rings is 1. The molecule has 0 aromatic carbocycles. The second kappa shape index (κ2) is 6.43. The van der Waals surface area contributed by atoms with Crippen LogP contribution in [0.15, 0.2) is 0 Å². The standard InChI is InChI=1S/C14H24N4OS/c1-4-18(3)14-17-12(15)11(20-14)13(19)16-8-10-6-5-9(2)7-10/h9-10H,4-8,15H2,1-3H3,(H,16,19). The van der Waals surface area contributed by atoms with Gasteiger partial charge in [0.15, 0.2) is 5.13 Å². The number of hydrogen-bond donors (Lipinski definition) is 2. The summed E-state index contributed by atoms with van der Waals surface area (Å²) in [5, 5.41) is 3.80. The first kappa shape index (κ1) is 15.1. The molecule has 1 aromatic rings. The highest BCUT2D eigenvalue weighted by atomic mass is 32.1. The zero-order valence-electron chi connectivity index (χ0n) is 12.5. The number of nitrogens with one attached hydrogen (secondary N) is 1. The molecule has 0 saturated heterocycles. The van der Waals surface area contributed by atoms with E-state index in [1.807, 2.05) is 18.9 Å². The summed E-state index contributed by atoms with van der Waals surface area (Å²) in [6, 6.07) is 0. The van der Waals surface area contributed by atoms with Crippen LogP contribution in [0.5, 0.6) is 0 Å². The minimum Gasteiger partial charge on any atom is -0.382 e. The highest BCUT2D eigenvalue weighted by molar-refractivity contribution is 7.18. The maximum Gasteiger partial charge on any atom is 0.265 e. The van der Waals surface area contributed by atoms with E-state index in [0.717, 1.165) is 24.1 Å². The number of carbonyl (C=O) groups is 1. The first-order chi connectivity index (χ1) is 9.51. The van der Waals surface area contributed by atoms with Crippen LogP contribution in [-0.4, -0.2) is 31.0 Å². The van der Waals surface area contributed by atoms with Gasteiger partial charge in [-0.15, -0.1) is 0 Å². The van der Waals surface area contributed by atoms with Crippen molar-refractivity contribution in [3.63, 3.8) is 0 Å². The molecule has 2 unspecified atom stereocenters. The summed E-state index contributed by atoms with van der Waals surface area (Å²) in [4.78, 5) is 19.0. The Kier molecular flexibility index (Phi) is 4.86. The van der Waals surface area contributed by atoms with Gasteiger partial charge in [-0.1, -0.05) is 24.7 Å². The van der Waals surface area contributed by atoms with E-state index in [1.54, 1.807) is 0 Å². The molecule has 1 aliphatic carbocycles.